The van der Waals surface area contributed by atoms with Gasteiger partial charge in [0, 0.05) is 0 Å². The molecule has 0 aromatic heterocycles. The molecule has 0 aromatic carbocycles. The van der Waals surface area contributed by atoms with Crippen LogP contribution in [0.4, 0.5) is 0 Å². The molecule has 74 valence electrons. The zero-order valence-corrected chi connectivity index (χ0v) is 9.43. The van der Waals surface area contributed by atoms with Crippen LogP contribution in [-0.4, -0.2) is 0 Å². The molecule has 1 unspecified atom stereocenters. The number of allylic oxidation sites excluding steroid dienone is 5. The Bertz CT molecular complexity index is 206. The van der Waals surface area contributed by atoms with Crippen LogP contribution >= 0.6 is 0 Å². The van der Waals surface area contributed by atoms with E-state index in [0.29, 0.717) is 0 Å². The SMILES string of the molecule is C=C(C)/C(=C\C=C/C)CC(C)CC. The number of hydrogen-bond donors (Lipinski definition) is 0. The second-order valence-corrected chi connectivity index (χ2v) is 3.72. The summed E-state index contributed by atoms with van der Waals surface area (Å²) in [5.74, 6) is 0.758. The summed E-state index contributed by atoms with van der Waals surface area (Å²) in [5.41, 5.74) is 2.57. The Hall–Kier alpha value is -0.780. The van der Waals surface area contributed by atoms with Crippen LogP contribution in [-0.2, 0) is 0 Å². The summed E-state index contributed by atoms with van der Waals surface area (Å²) in [6.07, 6.45) is 8.71. The van der Waals surface area contributed by atoms with Gasteiger partial charge in [-0.15, -0.1) is 0 Å². The van der Waals surface area contributed by atoms with Crippen molar-refractivity contribution >= 4 is 0 Å². The topological polar surface area (TPSA) is 0 Å². The molecule has 0 heteroatoms. The van der Waals surface area contributed by atoms with Crippen molar-refractivity contribution in [3.8, 4) is 0 Å². The smallest absolute Gasteiger partial charge is 0.0251 e. The maximum Gasteiger partial charge on any atom is -0.0251 e. The van der Waals surface area contributed by atoms with Gasteiger partial charge in [-0.3, -0.25) is 0 Å². The van der Waals surface area contributed by atoms with Crippen LogP contribution in [0.25, 0.3) is 0 Å². The van der Waals surface area contributed by atoms with Crippen molar-refractivity contribution in [3.05, 3.63) is 36.0 Å². The van der Waals surface area contributed by atoms with E-state index >= 15 is 0 Å². The van der Waals surface area contributed by atoms with Gasteiger partial charge < -0.3 is 0 Å². The van der Waals surface area contributed by atoms with Gasteiger partial charge in [-0.1, -0.05) is 50.6 Å². The van der Waals surface area contributed by atoms with Crippen molar-refractivity contribution in [2.75, 3.05) is 0 Å². The van der Waals surface area contributed by atoms with E-state index in [9.17, 15) is 0 Å². The van der Waals surface area contributed by atoms with Crippen LogP contribution in [0, 0.1) is 5.92 Å². The molecule has 0 nitrogen and oxygen atoms in total. The number of hydrogen-bond acceptors (Lipinski definition) is 0. The Kier molecular flexibility index (Phi) is 6.30. The average molecular weight is 178 g/mol. The first-order chi connectivity index (χ1) is 6.11. The second-order valence-electron chi connectivity index (χ2n) is 3.72. The molecule has 0 bridgehead atoms. The predicted octanol–water partition coefficient (Wildman–Crippen LogP) is 4.50. The Morgan fingerprint density at radius 1 is 1.46 bits per heavy atom. The molecule has 0 aliphatic heterocycles. The lowest BCUT2D eigenvalue weighted by atomic mass is 9.95. The van der Waals surface area contributed by atoms with Crippen molar-refractivity contribution in [1.29, 1.82) is 0 Å². The Labute approximate surface area is 83.0 Å². The van der Waals surface area contributed by atoms with E-state index in [0.717, 1.165) is 12.3 Å². The third-order valence-corrected chi connectivity index (χ3v) is 2.30. The fourth-order valence-corrected chi connectivity index (χ4v) is 1.12. The first-order valence-electron chi connectivity index (χ1n) is 5.09. The van der Waals surface area contributed by atoms with E-state index in [4.69, 9.17) is 0 Å². The van der Waals surface area contributed by atoms with E-state index in [1.54, 1.807) is 0 Å². The van der Waals surface area contributed by atoms with E-state index < -0.39 is 0 Å². The summed E-state index contributed by atoms with van der Waals surface area (Å²) in [5, 5.41) is 0. The first-order valence-corrected chi connectivity index (χ1v) is 5.09. The minimum atomic E-state index is 0.758. The van der Waals surface area contributed by atoms with Gasteiger partial charge >= 0.3 is 0 Å². The largest absolute Gasteiger partial charge is 0.0958 e. The maximum absolute atomic E-state index is 3.99. The molecule has 13 heavy (non-hydrogen) atoms. The van der Waals surface area contributed by atoms with E-state index in [2.05, 4.69) is 45.6 Å². The van der Waals surface area contributed by atoms with Gasteiger partial charge in [0.05, 0.1) is 0 Å². The zero-order chi connectivity index (χ0) is 10.3. The standard InChI is InChI=1S/C13H22/c1-6-8-9-13(11(3)4)10-12(5)7-2/h6,8-9,12H,3,7,10H2,1-2,4-5H3/b8-6-,13-9-. The Morgan fingerprint density at radius 2 is 2.08 bits per heavy atom. The highest BCUT2D eigenvalue weighted by Gasteiger charge is 2.03. The molecule has 0 saturated carbocycles. The molecule has 1 atom stereocenters. The molecule has 0 heterocycles. The van der Waals surface area contributed by atoms with Gasteiger partial charge in [0.25, 0.3) is 0 Å². The summed E-state index contributed by atoms with van der Waals surface area (Å²) >= 11 is 0. The van der Waals surface area contributed by atoms with Crippen LogP contribution in [0.5, 0.6) is 0 Å². The van der Waals surface area contributed by atoms with Crippen LogP contribution in [0.15, 0.2) is 36.0 Å². The van der Waals surface area contributed by atoms with Crippen LogP contribution < -0.4 is 0 Å². The molecule has 0 aliphatic carbocycles. The molecule has 0 N–H and O–H groups in total. The lowest BCUT2D eigenvalue weighted by Gasteiger charge is -2.11. The minimum Gasteiger partial charge on any atom is -0.0958 e. The average Bonchev–Trinajstić information content (AvgIpc) is 2.11. The summed E-state index contributed by atoms with van der Waals surface area (Å²) < 4.78 is 0. The number of rotatable bonds is 5. The van der Waals surface area contributed by atoms with Crippen molar-refractivity contribution in [1.82, 2.24) is 0 Å². The molecule has 0 radical (unpaired) electrons. The van der Waals surface area contributed by atoms with Gasteiger partial charge in [0.1, 0.15) is 0 Å². The van der Waals surface area contributed by atoms with Crippen molar-refractivity contribution < 1.29 is 0 Å². The quantitative estimate of drug-likeness (QED) is 0.544. The highest BCUT2D eigenvalue weighted by atomic mass is 14.1. The zero-order valence-electron chi connectivity index (χ0n) is 9.43. The molecular weight excluding hydrogens is 156 g/mol. The van der Waals surface area contributed by atoms with Gasteiger partial charge in [0.15, 0.2) is 0 Å². The van der Waals surface area contributed by atoms with Gasteiger partial charge in [-0.25, -0.2) is 0 Å². The molecule has 0 amide bonds. The lowest BCUT2D eigenvalue weighted by Crippen LogP contribution is -1.95. The lowest BCUT2D eigenvalue weighted by molar-refractivity contribution is 0.560. The van der Waals surface area contributed by atoms with Crippen LogP contribution in [0.2, 0.25) is 0 Å². The summed E-state index contributed by atoms with van der Waals surface area (Å²) in [6, 6.07) is 0. The second kappa shape index (κ2) is 6.71. The van der Waals surface area contributed by atoms with Gasteiger partial charge in [0.2, 0.25) is 0 Å². The summed E-state index contributed by atoms with van der Waals surface area (Å²) in [4.78, 5) is 0. The molecule has 0 rings (SSSR count). The fourth-order valence-electron chi connectivity index (χ4n) is 1.12. The van der Waals surface area contributed by atoms with Crippen molar-refractivity contribution in [2.24, 2.45) is 5.92 Å². The minimum absolute atomic E-state index is 0.758. The van der Waals surface area contributed by atoms with E-state index in [-0.39, 0.29) is 0 Å². The van der Waals surface area contributed by atoms with Gasteiger partial charge in [-0.2, -0.15) is 0 Å². The molecular formula is C13H22. The van der Waals surface area contributed by atoms with Crippen molar-refractivity contribution in [3.63, 3.8) is 0 Å². The molecule has 0 spiro atoms. The maximum atomic E-state index is 3.99. The molecule has 0 aromatic rings. The van der Waals surface area contributed by atoms with E-state index in [1.165, 1.54) is 17.6 Å². The van der Waals surface area contributed by atoms with Gasteiger partial charge in [-0.05, 0) is 31.8 Å². The predicted molar refractivity (Wildman–Crippen MR) is 61.8 cm³/mol. The van der Waals surface area contributed by atoms with Crippen LogP contribution in [0.3, 0.4) is 0 Å². The summed E-state index contributed by atoms with van der Waals surface area (Å²) in [7, 11) is 0. The summed E-state index contributed by atoms with van der Waals surface area (Å²) in [6.45, 7) is 12.6. The third-order valence-electron chi connectivity index (χ3n) is 2.30. The molecule has 0 fully saturated rings. The highest BCUT2D eigenvalue weighted by Crippen LogP contribution is 2.19. The highest BCUT2D eigenvalue weighted by molar-refractivity contribution is 5.30. The monoisotopic (exact) mass is 178 g/mol. The third kappa shape index (κ3) is 5.46. The molecule has 0 saturated heterocycles. The Balaban J connectivity index is 4.35. The first kappa shape index (κ1) is 12.2. The van der Waals surface area contributed by atoms with Crippen LogP contribution in [0.1, 0.15) is 40.5 Å². The van der Waals surface area contributed by atoms with Crippen molar-refractivity contribution in [2.45, 2.75) is 40.5 Å². The van der Waals surface area contributed by atoms with E-state index in [1.807, 2.05) is 6.92 Å². The Morgan fingerprint density at radius 3 is 2.46 bits per heavy atom. The normalized spacial score (nSPS) is 14.9. The fraction of sp³-hybridized carbons (Fsp3) is 0.538. The molecule has 0 aliphatic rings.